The Kier molecular flexibility index (Phi) is 6.77. The lowest BCUT2D eigenvalue weighted by molar-refractivity contribution is -0.137. The van der Waals surface area contributed by atoms with Crippen LogP contribution < -0.4 is 4.90 Å². The number of halogens is 3. The van der Waals surface area contributed by atoms with Gasteiger partial charge >= 0.3 is 6.18 Å². The summed E-state index contributed by atoms with van der Waals surface area (Å²) in [5.74, 6) is -0.786. The Balaban J connectivity index is 1.35. The van der Waals surface area contributed by atoms with Gasteiger partial charge in [-0.3, -0.25) is 9.59 Å². The van der Waals surface area contributed by atoms with Gasteiger partial charge in [0.2, 0.25) is 11.8 Å². The number of nitrogens with zero attached hydrogens (tertiary/aromatic N) is 4. The van der Waals surface area contributed by atoms with Gasteiger partial charge in [-0.1, -0.05) is 12.1 Å². The minimum Gasteiger partial charge on any atom is -0.370 e. The number of rotatable bonds is 4. The highest BCUT2D eigenvalue weighted by molar-refractivity contribution is 5.89. The summed E-state index contributed by atoms with van der Waals surface area (Å²) in [5.41, 5.74) is 1.23. The van der Waals surface area contributed by atoms with E-state index in [1.54, 1.807) is 23.1 Å². The fourth-order valence-corrected chi connectivity index (χ4v) is 4.56. The standard InChI is InChI=1S/C25H25F3N4O2/c26-25(27,28)21-4-1-3-19(13-21)16-32-17-20(14-23(32)33)24(34)31-10-2-9-30(11-12-31)22-7-5-18(15-29)6-8-22/h1,3-8,13,20H,2,9-12,14,16-17H2. The number of carbonyl (C=O) groups excluding carboxylic acids is 2. The monoisotopic (exact) mass is 470 g/mol. The highest BCUT2D eigenvalue weighted by atomic mass is 19.4. The van der Waals surface area contributed by atoms with Crippen LogP contribution in [0.4, 0.5) is 18.9 Å². The number of anilines is 1. The van der Waals surface area contributed by atoms with Gasteiger partial charge in [-0.15, -0.1) is 0 Å². The molecule has 2 aliphatic heterocycles. The Labute approximate surface area is 196 Å². The van der Waals surface area contributed by atoms with Crippen LogP contribution in [0, 0.1) is 17.2 Å². The van der Waals surface area contributed by atoms with E-state index < -0.39 is 17.7 Å². The summed E-state index contributed by atoms with van der Waals surface area (Å²) in [7, 11) is 0. The van der Waals surface area contributed by atoms with Crippen molar-refractivity contribution in [2.75, 3.05) is 37.6 Å². The Morgan fingerprint density at radius 1 is 1.06 bits per heavy atom. The van der Waals surface area contributed by atoms with Crippen molar-refractivity contribution in [1.29, 1.82) is 5.26 Å². The largest absolute Gasteiger partial charge is 0.416 e. The molecular weight excluding hydrogens is 445 g/mol. The lowest BCUT2D eigenvalue weighted by atomic mass is 10.1. The summed E-state index contributed by atoms with van der Waals surface area (Å²) in [6.45, 7) is 2.80. The van der Waals surface area contributed by atoms with Gasteiger partial charge in [0.25, 0.3) is 0 Å². The van der Waals surface area contributed by atoms with Crippen molar-refractivity contribution in [2.24, 2.45) is 5.92 Å². The molecular formula is C25H25F3N4O2. The van der Waals surface area contributed by atoms with E-state index in [9.17, 15) is 22.8 Å². The van der Waals surface area contributed by atoms with Gasteiger partial charge in [-0.2, -0.15) is 18.4 Å². The van der Waals surface area contributed by atoms with Gasteiger partial charge in [-0.25, -0.2) is 0 Å². The zero-order valence-corrected chi connectivity index (χ0v) is 18.6. The fraction of sp³-hybridized carbons (Fsp3) is 0.400. The highest BCUT2D eigenvalue weighted by Gasteiger charge is 2.37. The van der Waals surface area contributed by atoms with Crippen LogP contribution in [0.3, 0.4) is 0 Å². The normalized spacial score (nSPS) is 19.2. The van der Waals surface area contributed by atoms with E-state index >= 15 is 0 Å². The number of likely N-dealkylation sites (tertiary alicyclic amines) is 1. The maximum Gasteiger partial charge on any atom is 0.416 e. The molecule has 0 aliphatic carbocycles. The second-order valence-corrected chi connectivity index (χ2v) is 8.70. The molecule has 1 unspecified atom stereocenters. The van der Waals surface area contributed by atoms with E-state index in [4.69, 9.17) is 5.26 Å². The van der Waals surface area contributed by atoms with Gasteiger partial charge in [0, 0.05) is 51.4 Å². The molecule has 178 valence electrons. The number of hydrogen-bond donors (Lipinski definition) is 0. The molecule has 2 aliphatic rings. The minimum atomic E-state index is -4.44. The molecule has 0 aromatic heterocycles. The average molecular weight is 470 g/mol. The summed E-state index contributed by atoms with van der Waals surface area (Å²) in [6.07, 6.45) is -3.59. The van der Waals surface area contributed by atoms with Gasteiger partial charge < -0.3 is 14.7 Å². The molecule has 4 rings (SSSR count). The third-order valence-electron chi connectivity index (χ3n) is 6.36. The minimum absolute atomic E-state index is 0.0546. The maximum atomic E-state index is 13.2. The summed E-state index contributed by atoms with van der Waals surface area (Å²) in [5, 5.41) is 8.97. The van der Waals surface area contributed by atoms with Crippen LogP contribution in [0.15, 0.2) is 48.5 Å². The Morgan fingerprint density at radius 3 is 2.53 bits per heavy atom. The number of hydrogen-bond acceptors (Lipinski definition) is 4. The lowest BCUT2D eigenvalue weighted by Gasteiger charge is -2.25. The van der Waals surface area contributed by atoms with Crippen molar-refractivity contribution in [2.45, 2.75) is 25.6 Å². The van der Waals surface area contributed by atoms with Crippen LogP contribution in [0.2, 0.25) is 0 Å². The third-order valence-corrected chi connectivity index (χ3v) is 6.36. The predicted molar refractivity (Wildman–Crippen MR) is 120 cm³/mol. The zero-order chi connectivity index (χ0) is 24.3. The molecule has 0 saturated carbocycles. The molecule has 9 heteroatoms. The summed E-state index contributed by atoms with van der Waals surface area (Å²) >= 11 is 0. The van der Waals surface area contributed by atoms with Crippen molar-refractivity contribution in [3.05, 3.63) is 65.2 Å². The first-order chi connectivity index (χ1) is 16.2. The smallest absolute Gasteiger partial charge is 0.370 e. The van der Waals surface area contributed by atoms with Crippen LogP contribution in [0.1, 0.15) is 29.5 Å². The second kappa shape index (κ2) is 9.75. The SMILES string of the molecule is N#Cc1ccc(N2CCCN(C(=O)C3CC(=O)N(Cc4cccc(C(F)(F)F)c4)C3)CC2)cc1. The van der Waals surface area contributed by atoms with E-state index in [-0.39, 0.29) is 31.3 Å². The molecule has 2 heterocycles. The number of benzene rings is 2. The lowest BCUT2D eigenvalue weighted by Crippen LogP contribution is -2.40. The first-order valence-corrected chi connectivity index (χ1v) is 11.2. The van der Waals surface area contributed by atoms with Crippen molar-refractivity contribution in [3.8, 4) is 6.07 Å². The maximum absolute atomic E-state index is 13.2. The number of nitriles is 1. The Morgan fingerprint density at radius 2 is 1.82 bits per heavy atom. The average Bonchev–Trinajstić information content (AvgIpc) is 3.03. The van der Waals surface area contributed by atoms with Gasteiger partial charge in [0.1, 0.15) is 0 Å². The number of carbonyl (C=O) groups is 2. The molecule has 2 aromatic carbocycles. The van der Waals surface area contributed by atoms with E-state index in [1.807, 2.05) is 12.1 Å². The zero-order valence-electron chi connectivity index (χ0n) is 18.6. The van der Waals surface area contributed by atoms with Crippen LogP contribution in [0.25, 0.3) is 0 Å². The van der Waals surface area contributed by atoms with Crippen molar-refractivity contribution in [1.82, 2.24) is 9.80 Å². The molecule has 2 aromatic rings. The van der Waals surface area contributed by atoms with Crippen LogP contribution in [0.5, 0.6) is 0 Å². The first-order valence-electron chi connectivity index (χ1n) is 11.2. The Bertz CT molecular complexity index is 1090. The van der Waals surface area contributed by atoms with E-state index in [0.29, 0.717) is 30.8 Å². The molecule has 0 bridgehead atoms. The molecule has 34 heavy (non-hydrogen) atoms. The summed E-state index contributed by atoms with van der Waals surface area (Å²) in [6, 6.07) is 14.4. The quantitative estimate of drug-likeness (QED) is 0.684. The number of amides is 2. The molecule has 2 fully saturated rings. The fourth-order valence-electron chi connectivity index (χ4n) is 4.56. The van der Waals surface area contributed by atoms with E-state index in [2.05, 4.69) is 11.0 Å². The molecule has 1 atom stereocenters. The van der Waals surface area contributed by atoms with Crippen molar-refractivity contribution in [3.63, 3.8) is 0 Å². The summed E-state index contributed by atoms with van der Waals surface area (Å²) < 4.78 is 39.0. The molecule has 2 saturated heterocycles. The molecule has 6 nitrogen and oxygen atoms in total. The van der Waals surface area contributed by atoms with Crippen LogP contribution in [-0.4, -0.2) is 54.3 Å². The second-order valence-electron chi connectivity index (χ2n) is 8.70. The molecule has 0 radical (unpaired) electrons. The van der Waals surface area contributed by atoms with E-state index in [1.165, 1.54) is 11.0 Å². The first kappa shape index (κ1) is 23.6. The molecule has 0 N–H and O–H groups in total. The highest BCUT2D eigenvalue weighted by Crippen LogP contribution is 2.30. The van der Waals surface area contributed by atoms with Crippen LogP contribution in [-0.2, 0) is 22.3 Å². The molecule has 0 spiro atoms. The van der Waals surface area contributed by atoms with Crippen LogP contribution >= 0.6 is 0 Å². The predicted octanol–water partition coefficient (Wildman–Crippen LogP) is 3.66. The Hall–Kier alpha value is -3.54. The van der Waals surface area contributed by atoms with Crippen molar-refractivity contribution < 1.29 is 22.8 Å². The number of alkyl halides is 3. The third kappa shape index (κ3) is 5.33. The topological polar surface area (TPSA) is 67.6 Å². The van der Waals surface area contributed by atoms with Gasteiger partial charge in [0.15, 0.2) is 0 Å². The summed E-state index contributed by atoms with van der Waals surface area (Å²) in [4.78, 5) is 31.1. The van der Waals surface area contributed by atoms with Crippen molar-refractivity contribution >= 4 is 17.5 Å². The molecule has 2 amide bonds. The van der Waals surface area contributed by atoms with E-state index in [0.717, 1.165) is 30.8 Å². The van der Waals surface area contributed by atoms with Gasteiger partial charge in [-0.05, 0) is 48.4 Å². The van der Waals surface area contributed by atoms with Gasteiger partial charge in [0.05, 0.1) is 23.1 Å².